The first kappa shape index (κ1) is 15.8. The van der Waals surface area contributed by atoms with Crippen molar-refractivity contribution in [3.8, 4) is 5.69 Å². The summed E-state index contributed by atoms with van der Waals surface area (Å²) in [5.41, 5.74) is 0.487. The van der Waals surface area contributed by atoms with Gasteiger partial charge in [0.2, 0.25) is 0 Å². The predicted molar refractivity (Wildman–Crippen MR) is 78.7 cm³/mol. The van der Waals surface area contributed by atoms with Gasteiger partial charge in [-0.3, -0.25) is 9.36 Å². The zero-order chi connectivity index (χ0) is 15.4. The van der Waals surface area contributed by atoms with Crippen molar-refractivity contribution in [2.24, 2.45) is 0 Å². The number of hydrogen-bond acceptors (Lipinski definition) is 4. The van der Waals surface area contributed by atoms with E-state index in [0.717, 1.165) is 18.2 Å². The molecule has 0 fully saturated rings. The first-order valence-electron chi connectivity index (χ1n) is 6.26. The Kier molecular flexibility index (Phi) is 5.19. The second-order valence-electron chi connectivity index (χ2n) is 4.29. The van der Waals surface area contributed by atoms with E-state index in [4.69, 9.17) is 16.7 Å². The number of nitrogens with zero attached hydrogens (tertiary/aromatic N) is 3. The molecule has 21 heavy (non-hydrogen) atoms. The van der Waals surface area contributed by atoms with Crippen molar-refractivity contribution in [1.29, 1.82) is 0 Å². The molecule has 1 N–H and O–H groups in total. The van der Waals surface area contributed by atoms with Crippen molar-refractivity contribution in [2.45, 2.75) is 24.9 Å². The number of rotatable bonds is 6. The van der Waals surface area contributed by atoms with Crippen LogP contribution in [0, 0.1) is 5.82 Å². The van der Waals surface area contributed by atoms with Crippen LogP contribution in [0.4, 0.5) is 4.39 Å². The molecule has 0 aliphatic heterocycles. The maximum atomic E-state index is 13.5. The summed E-state index contributed by atoms with van der Waals surface area (Å²) in [5, 5.41) is 17.5. The van der Waals surface area contributed by atoms with Gasteiger partial charge < -0.3 is 5.11 Å². The second-order valence-corrected chi connectivity index (χ2v) is 5.67. The van der Waals surface area contributed by atoms with E-state index < -0.39 is 11.8 Å². The summed E-state index contributed by atoms with van der Waals surface area (Å²) in [6, 6.07) is 4.12. The first-order chi connectivity index (χ1) is 10.0. The number of carboxylic acids is 1. The Hall–Kier alpha value is -1.60. The summed E-state index contributed by atoms with van der Waals surface area (Å²) in [6.45, 7) is 1.99. The Morgan fingerprint density at radius 2 is 2.19 bits per heavy atom. The molecule has 5 nitrogen and oxygen atoms in total. The molecule has 0 aliphatic rings. The molecule has 0 unspecified atom stereocenters. The van der Waals surface area contributed by atoms with Crippen molar-refractivity contribution >= 4 is 29.3 Å². The summed E-state index contributed by atoms with van der Waals surface area (Å²) in [7, 11) is 0. The average Bonchev–Trinajstić information content (AvgIpc) is 2.78. The molecule has 0 atom stereocenters. The highest BCUT2D eigenvalue weighted by Gasteiger charge is 2.16. The monoisotopic (exact) mass is 329 g/mol. The Morgan fingerprint density at radius 3 is 2.81 bits per heavy atom. The Bertz CT molecular complexity index is 643. The van der Waals surface area contributed by atoms with Crippen LogP contribution in [-0.2, 0) is 11.2 Å². The number of benzene rings is 1. The number of aryl methyl sites for hydroxylation is 1. The summed E-state index contributed by atoms with van der Waals surface area (Å²) in [6.07, 6.45) is 1.49. The van der Waals surface area contributed by atoms with Gasteiger partial charge in [0.25, 0.3) is 0 Å². The van der Waals surface area contributed by atoms with Gasteiger partial charge in [-0.15, -0.1) is 10.2 Å². The number of carboxylic acid groups (broad SMARTS) is 1. The fourth-order valence-electron chi connectivity index (χ4n) is 1.83. The van der Waals surface area contributed by atoms with E-state index >= 15 is 0 Å². The Morgan fingerprint density at radius 1 is 1.43 bits per heavy atom. The molecule has 1 heterocycles. The van der Waals surface area contributed by atoms with Gasteiger partial charge in [0.1, 0.15) is 11.6 Å². The Balaban J connectivity index is 2.46. The number of aromatic nitrogens is 3. The first-order valence-corrected chi connectivity index (χ1v) is 7.63. The van der Waals surface area contributed by atoms with E-state index in [1.807, 2.05) is 6.92 Å². The topological polar surface area (TPSA) is 68.0 Å². The molecule has 0 radical (unpaired) electrons. The molecule has 0 spiro atoms. The highest BCUT2D eigenvalue weighted by molar-refractivity contribution is 7.99. The van der Waals surface area contributed by atoms with Crippen LogP contribution in [0.15, 0.2) is 23.4 Å². The van der Waals surface area contributed by atoms with E-state index in [2.05, 4.69) is 10.2 Å². The van der Waals surface area contributed by atoms with E-state index in [1.165, 1.54) is 12.1 Å². The van der Waals surface area contributed by atoms with E-state index in [1.54, 1.807) is 10.6 Å². The lowest BCUT2D eigenvalue weighted by Crippen LogP contribution is -2.05. The molecule has 8 heteroatoms. The summed E-state index contributed by atoms with van der Waals surface area (Å²) >= 11 is 6.91. The summed E-state index contributed by atoms with van der Waals surface area (Å²) in [4.78, 5) is 10.7. The fraction of sp³-hybridized carbons (Fsp3) is 0.308. The lowest BCUT2D eigenvalue weighted by Gasteiger charge is -2.10. The Labute approximate surface area is 130 Å². The minimum Gasteiger partial charge on any atom is -0.481 e. The third-order valence-corrected chi connectivity index (χ3v) is 3.74. The van der Waals surface area contributed by atoms with Gasteiger partial charge in [-0.2, -0.15) is 0 Å². The van der Waals surface area contributed by atoms with Crippen LogP contribution in [0.25, 0.3) is 5.69 Å². The lowest BCUT2D eigenvalue weighted by molar-refractivity contribution is -0.133. The molecule has 0 aliphatic carbocycles. The number of aliphatic carboxylic acids is 1. The zero-order valence-corrected chi connectivity index (χ0v) is 12.8. The molecule has 1 aromatic carbocycles. The van der Waals surface area contributed by atoms with Gasteiger partial charge in [-0.1, -0.05) is 30.3 Å². The third kappa shape index (κ3) is 3.95. The van der Waals surface area contributed by atoms with Crippen molar-refractivity contribution < 1.29 is 14.3 Å². The molecule has 0 saturated carbocycles. The quantitative estimate of drug-likeness (QED) is 0.824. The summed E-state index contributed by atoms with van der Waals surface area (Å²) < 4.78 is 15.2. The minimum atomic E-state index is -0.955. The SMILES string of the molecule is CCCc1nnc(SCC(=O)O)n1-c1cc(F)cc(Cl)c1. The van der Waals surface area contributed by atoms with Crippen molar-refractivity contribution in [2.75, 3.05) is 5.75 Å². The van der Waals surface area contributed by atoms with Crippen LogP contribution in [0.3, 0.4) is 0 Å². The molecular formula is C13H13ClFN3O2S. The number of thioether (sulfide) groups is 1. The summed E-state index contributed by atoms with van der Waals surface area (Å²) in [5.74, 6) is -0.924. The van der Waals surface area contributed by atoms with Crippen LogP contribution in [0.1, 0.15) is 19.2 Å². The van der Waals surface area contributed by atoms with Crippen LogP contribution < -0.4 is 0 Å². The maximum Gasteiger partial charge on any atom is 0.313 e. The number of carbonyl (C=O) groups is 1. The van der Waals surface area contributed by atoms with Crippen molar-refractivity contribution in [1.82, 2.24) is 14.8 Å². The molecule has 0 bridgehead atoms. The van der Waals surface area contributed by atoms with Crippen LogP contribution in [0.5, 0.6) is 0 Å². The molecular weight excluding hydrogens is 317 g/mol. The highest BCUT2D eigenvalue weighted by atomic mass is 35.5. The molecule has 0 amide bonds. The highest BCUT2D eigenvalue weighted by Crippen LogP contribution is 2.25. The number of halogens is 2. The lowest BCUT2D eigenvalue weighted by atomic mass is 10.2. The van der Waals surface area contributed by atoms with Gasteiger partial charge in [-0.05, 0) is 24.6 Å². The normalized spacial score (nSPS) is 10.8. The zero-order valence-electron chi connectivity index (χ0n) is 11.2. The van der Waals surface area contributed by atoms with Gasteiger partial charge in [0.15, 0.2) is 5.16 Å². The van der Waals surface area contributed by atoms with E-state index in [0.29, 0.717) is 23.1 Å². The average molecular weight is 330 g/mol. The maximum absolute atomic E-state index is 13.5. The van der Waals surface area contributed by atoms with Crippen LogP contribution >= 0.6 is 23.4 Å². The molecule has 112 valence electrons. The van der Waals surface area contributed by atoms with Crippen LogP contribution in [-0.4, -0.2) is 31.6 Å². The largest absolute Gasteiger partial charge is 0.481 e. The predicted octanol–water partition coefficient (Wildman–Crippen LogP) is 3.19. The molecule has 2 rings (SSSR count). The van der Waals surface area contributed by atoms with Crippen molar-refractivity contribution in [3.05, 3.63) is 34.9 Å². The fourth-order valence-corrected chi connectivity index (χ4v) is 2.74. The van der Waals surface area contributed by atoms with Crippen LogP contribution in [0.2, 0.25) is 5.02 Å². The third-order valence-electron chi connectivity index (χ3n) is 2.60. The van der Waals surface area contributed by atoms with Gasteiger partial charge in [0.05, 0.1) is 11.4 Å². The molecule has 1 aromatic heterocycles. The molecule has 0 saturated heterocycles. The van der Waals surface area contributed by atoms with E-state index in [9.17, 15) is 9.18 Å². The van der Waals surface area contributed by atoms with Gasteiger partial charge in [-0.25, -0.2) is 4.39 Å². The van der Waals surface area contributed by atoms with Gasteiger partial charge in [0, 0.05) is 11.4 Å². The molecule has 2 aromatic rings. The standard InChI is InChI=1S/C13H13ClFN3O2S/c1-2-3-11-16-17-13(21-7-12(19)20)18(11)10-5-8(14)4-9(15)6-10/h4-6H,2-3,7H2,1H3,(H,19,20). The second kappa shape index (κ2) is 6.91. The smallest absolute Gasteiger partial charge is 0.313 e. The minimum absolute atomic E-state index is 0.146. The van der Waals surface area contributed by atoms with Crippen molar-refractivity contribution in [3.63, 3.8) is 0 Å². The van der Waals surface area contributed by atoms with E-state index in [-0.39, 0.29) is 10.8 Å². The van der Waals surface area contributed by atoms with Gasteiger partial charge >= 0.3 is 5.97 Å². The number of hydrogen-bond donors (Lipinski definition) is 1.